The highest BCUT2D eigenvalue weighted by molar-refractivity contribution is 6.31. The van der Waals surface area contributed by atoms with Crippen LogP contribution in [0.3, 0.4) is 0 Å². The molecule has 0 spiro atoms. The maximum atomic E-state index is 14.0. The lowest BCUT2D eigenvalue weighted by Crippen LogP contribution is -2.49. The summed E-state index contributed by atoms with van der Waals surface area (Å²) in [5, 5.41) is -1.24. The number of hydrogen-bond donors (Lipinski definition) is 0. The van der Waals surface area contributed by atoms with Gasteiger partial charge in [-0.15, -0.1) is 0 Å². The highest BCUT2D eigenvalue weighted by Crippen LogP contribution is 2.34. The number of piperazine rings is 1. The fourth-order valence-electron chi connectivity index (χ4n) is 2.78. The van der Waals surface area contributed by atoms with Crippen LogP contribution < -0.4 is 4.90 Å². The van der Waals surface area contributed by atoms with Crippen LogP contribution in [0.5, 0.6) is 0 Å². The SMILES string of the molecule is O=C(c1ccc(F)cc1)N1CCN(c2c(F)c(F)c(Cl)c(F)c2F)CC1. The zero-order valence-electron chi connectivity index (χ0n) is 13.2. The molecule has 138 valence electrons. The Bertz CT molecular complexity index is 822. The standard InChI is InChI=1S/C17H12ClF5N2O/c18-11-12(20)14(22)16(15(23)13(11)21)24-5-7-25(8-6-24)17(26)9-1-3-10(19)4-2-9/h1-4H,5-8H2. The summed E-state index contributed by atoms with van der Waals surface area (Å²) < 4.78 is 68.2. The summed E-state index contributed by atoms with van der Waals surface area (Å²) in [6, 6.07) is 4.95. The predicted octanol–water partition coefficient (Wildman–Crippen LogP) is 4.00. The van der Waals surface area contributed by atoms with Crippen molar-refractivity contribution in [2.45, 2.75) is 0 Å². The van der Waals surface area contributed by atoms with Gasteiger partial charge in [0, 0.05) is 31.7 Å². The molecule has 0 unspecified atom stereocenters. The minimum Gasteiger partial charge on any atom is -0.363 e. The number of rotatable bonds is 2. The van der Waals surface area contributed by atoms with Gasteiger partial charge in [0.1, 0.15) is 16.5 Å². The van der Waals surface area contributed by atoms with Gasteiger partial charge in [-0.05, 0) is 24.3 Å². The molecule has 0 bridgehead atoms. The van der Waals surface area contributed by atoms with Crippen LogP contribution in [-0.4, -0.2) is 37.0 Å². The molecule has 1 heterocycles. The van der Waals surface area contributed by atoms with Crippen LogP contribution in [0, 0.1) is 29.1 Å². The molecule has 0 aromatic heterocycles. The first kappa shape index (κ1) is 18.4. The molecule has 0 N–H and O–H groups in total. The van der Waals surface area contributed by atoms with Crippen LogP contribution in [0.2, 0.25) is 5.02 Å². The topological polar surface area (TPSA) is 23.6 Å². The maximum absolute atomic E-state index is 14.0. The number of carbonyl (C=O) groups excluding carboxylic acids is 1. The Hall–Kier alpha value is -2.35. The second-order valence-corrected chi connectivity index (χ2v) is 6.08. The van der Waals surface area contributed by atoms with Crippen molar-refractivity contribution in [3.8, 4) is 0 Å². The van der Waals surface area contributed by atoms with E-state index in [0.29, 0.717) is 0 Å². The molecule has 3 nitrogen and oxygen atoms in total. The molecule has 2 aromatic carbocycles. The second-order valence-electron chi connectivity index (χ2n) is 5.70. The Morgan fingerprint density at radius 2 is 1.31 bits per heavy atom. The molecule has 2 aromatic rings. The van der Waals surface area contributed by atoms with Crippen LogP contribution in [0.15, 0.2) is 24.3 Å². The third-order valence-corrected chi connectivity index (χ3v) is 4.49. The summed E-state index contributed by atoms with van der Waals surface area (Å²) >= 11 is 5.21. The number of hydrogen-bond acceptors (Lipinski definition) is 2. The number of anilines is 1. The Kier molecular flexibility index (Phi) is 5.04. The maximum Gasteiger partial charge on any atom is 0.253 e. The van der Waals surface area contributed by atoms with Crippen LogP contribution in [-0.2, 0) is 0 Å². The fraction of sp³-hybridized carbons (Fsp3) is 0.235. The van der Waals surface area contributed by atoms with E-state index < -0.39 is 39.8 Å². The lowest BCUT2D eigenvalue weighted by Gasteiger charge is -2.36. The lowest BCUT2D eigenvalue weighted by atomic mass is 10.1. The van der Waals surface area contributed by atoms with E-state index in [-0.39, 0.29) is 37.6 Å². The van der Waals surface area contributed by atoms with Crippen molar-refractivity contribution in [3.63, 3.8) is 0 Å². The first-order valence-electron chi connectivity index (χ1n) is 7.62. The van der Waals surface area contributed by atoms with E-state index in [2.05, 4.69) is 0 Å². The summed E-state index contributed by atoms with van der Waals surface area (Å²) in [4.78, 5) is 14.9. The zero-order chi connectivity index (χ0) is 19.0. The Balaban J connectivity index is 1.77. The minimum atomic E-state index is -1.66. The van der Waals surface area contributed by atoms with Crippen molar-refractivity contribution in [1.29, 1.82) is 0 Å². The molecule has 1 aliphatic heterocycles. The van der Waals surface area contributed by atoms with Gasteiger partial charge in [-0.3, -0.25) is 4.79 Å². The van der Waals surface area contributed by atoms with Gasteiger partial charge in [-0.2, -0.15) is 0 Å². The molecule has 1 fully saturated rings. The molecule has 1 aliphatic rings. The third-order valence-electron chi connectivity index (χ3n) is 4.16. The van der Waals surface area contributed by atoms with Gasteiger partial charge in [0.2, 0.25) is 0 Å². The molecule has 0 aliphatic carbocycles. The molecular weight excluding hydrogens is 379 g/mol. The smallest absolute Gasteiger partial charge is 0.253 e. The van der Waals surface area contributed by atoms with Crippen LogP contribution >= 0.6 is 11.6 Å². The van der Waals surface area contributed by atoms with E-state index in [4.69, 9.17) is 11.6 Å². The number of nitrogens with zero attached hydrogens (tertiary/aromatic N) is 2. The third kappa shape index (κ3) is 3.21. The van der Waals surface area contributed by atoms with Gasteiger partial charge in [0.05, 0.1) is 0 Å². The summed E-state index contributed by atoms with van der Waals surface area (Å²) in [6.07, 6.45) is 0. The molecule has 9 heteroatoms. The van der Waals surface area contributed by atoms with Crippen LogP contribution in [0.1, 0.15) is 10.4 Å². The molecular formula is C17H12ClF5N2O. The highest BCUT2D eigenvalue weighted by Gasteiger charge is 2.31. The molecule has 0 saturated carbocycles. The van der Waals surface area contributed by atoms with Gasteiger partial charge in [0.15, 0.2) is 23.3 Å². The number of amides is 1. The van der Waals surface area contributed by atoms with Gasteiger partial charge in [0.25, 0.3) is 5.91 Å². The molecule has 26 heavy (non-hydrogen) atoms. The zero-order valence-corrected chi connectivity index (χ0v) is 14.0. The van der Waals surface area contributed by atoms with E-state index in [1.54, 1.807) is 0 Å². The van der Waals surface area contributed by atoms with Crippen molar-refractivity contribution in [3.05, 3.63) is 63.9 Å². The molecule has 1 saturated heterocycles. The van der Waals surface area contributed by atoms with Crippen molar-refractivity contribution >= 4 is 23.2 Å². The normalized spacial score (nSPS) is 14.7. The number of benzene rings is 2. The van der Waals surface area contributed by atoms with Gasteiger partial charge < -0.3 is 9.80 Å². The second kappa shape index (κ2) is 7.11. The molecule has 3 rings (SSSR count). The van der Waals surface area contributed by atoms with Crippen LogP contribution in [0.4, 0.5) is 27.6 Å². The molecule has 1 amide bonds. The fourth-order valence-corrected chi connectivity index (χ4v) is 2.95. The van der Waals surface area contributed by atoms with E-state index in [1.807, 2.05) is 0 Å². The molecule has 0 atom stereocenters. The lowest BCUT2D eigenvalue weighted by molar-refractivity contribution is 0.0746. The Labute approximate surface area is 150 Å². The van der Waals surface area contributed by atoms with Crippen molar-refractivity contribution in [2.75, 3.05) is 31.1 Å². The van der Waals surface area contributed by atoms with E-state index >= 15 is 0 Å². The Morgan fingerprint density at radius 3 is 1.81 bits per heavy atom. The minimum absolute atomic E-state index is 0.0404. The number of carbonyl (C=O) groups is 1. The van der Waals surface area contributed by atoms with E-state index in [0.717, 1.165) is 17.0 Å². The van der Waals surface area contributed by atoms with E-state index in [9.17, 15) is 26.7 Å². The summed E-state index contributed by atoms with van der Waals surface area (Å²) in [7, 11) is 0. The predicted molar refractivity (Wildman–Crippen MR) is 85.8 cm³/mol. The summed E-state index contributed by atoms with van der Waals surface area (Å²) in [5.41, 5.74) is -0.584. The number of halogens is 6. The quantitative estimate of drug-likeness (QED) is 0.439. The van der Waals surface area contributed by atoms with Gasteiger partial charge >= 0.3 is 0 Å². The van der Waals surface area contributed by atoms with E-state index in [1.165, 1.54) is 17.0 Å². The van der Waals surface area contributed by atoms with Crippen molar-refractivity contribution in [1.82, 2.24) is 4.90 Å². The molecule has 0 radical (unpaired) electrons. The average Bonchev–Trinajstić information content (AvgIpc) is 2.65. The van der Waals surface area contributed by atoms with Gasteiger partial charge in [-0.1, -0.05) is 11.6 Å². The average molecular weight is 391 g/mol. The first-order chi connectivity index (χ1) is 12.3. The highest BCUT2D eigenvalue weighted by atomic mass is 35.5. The monoisotopic (exact) mass is 390 g/mol. The first-order valence-corrected chi connectivity index (χ1v) is 8.00. The Morgan fingerprint density at radius 1 is 0.808 bits per heavy atom. The van der Waals surface area contributed by atoms with Crippen LogP contribution in [0.25, 0.3) is 0 Å². The summed E-state index contributed by atoms with van der Waals surface area (Å²) in [6.45, 7) is 0.0600. The van der Waals surface area contributed by atoms with Crippen molar-refractivity contribution in [2.24, 2.45) is 0 Å². The summed E-state index contributed by atoms with van der Waals surface area (Å²) in [5.74, 6) is -7.33. The largest absolute Gasteiger partial charge is 0.363 e. The van der Waals surface area contributed by atoms with Crippen molar-refractivity contribution < 1.29 is 26.7 Å². The van der Waals surface area contributed by atoms with Gasteiger partial charge in [-0.25, -0.2) is 22.0 Å².